The average Bonchev–Trinajstić information content (AvgIpc) is 2.67. The number of carbonyl (C=O) groups is 2. The zero-order chi connectivity index (χ0) is 19.6. The monoisotopic (exact) mass is 387 g/mol. The van der Waals surface area contributed by atoms with E-state index in [1.807, 2.05) is 0 Å². The van der Waals surface area contributed by atoms with Crippen LogP contribution in [0.3, 0.4) is 0 Å². The van der Waals surface area contributed by atoms with Crippen molar-refractivity contribution in [2.45, 2.75) is 6.92 Å². The lowest BCUT2D eigenvalue weighted by molar-refractivity contribution is 0.0600. The highest BCUT2D eigenvalue weighted by atomic mass is 32.2. The zero-order valence-corrected chi connectivity index (χ0v) is 15.1. The SMILES string of the molecule is COC(=O)c1ccc2nnn(S(=O)Oc3ccccc3C(C)=O)c(=O)c2c1. The Balaban J connectivity index is 2.03. The minimum Gasteiger partial charge on any atom is -0.465 e. The largest absolute Gasteiger partial charge is 0.465 e. The molecule has 0 aliphatic carbocycles. The van der Waals surface area contributed by atoms with Gasteiger partial charge in [-0.15, -0.1) is 5.10 Å². The molecule has 1 heterocycles. The fourth-order valence-corrected chi connectivity index (χ4v) is 3.01. The Bertz CT molecular complexity index is 1140. The van der Waals surface area contributed by atoms with Gasteiger partial charge in [0.25, 0.3) is 5.56 Å². The summed E-state index contributed by atoms with van der Waals surface area (Å²) in [5.74, 6) is -0.880. The highest BCUT2D eigenvalue weighted by Gasteiger charge is 2.17. The van der Waals surface area contributed by atoms with Crippen LogP contribution < -0.4 is 9.74 Å². The summed E-state index contributed by atoms with van der Waals surface area (Å²) >= 11 is -2.39. The van der Waals surface area contributed by atoms with E-state index in [0.29, 0.717) is 4.09 Å². The summed E-state index contributed by atoms with van der Waals surface area (Å²) in [6.45, 7) is 1.33. The molecule has 0 fully saturated rings. The number of ether oxygens (including phenoxy) is 1. The van der Waals surface area contributed by atoms with Crippen LogP contribution in [0.4, 0.5) is 0 Å². The van der Waals surface area contributed by atoms with Gasteiger partial charge in [-0.1, -0.05) is 16.2 Å². The Morgan fingerprint density at radius 3 is 2.59 bits per heavy atom. The molecule has 10 heteroatoms. The number of nitrogens with zero attached hydrogens (tertiary/aromatic N) is 3. The molecule has 0 amide bonds. The van der Waals surface area contributed by atoms with Crippen LogP contribution in [-0.4, -0.2) is 37.5 Å². The molecule has 3 aromatic rings. The fourth-order valence-electron chi connectivity index (χ4n) is 2.31. The highest BCUT2D eigenvalue weighted by molar-refractivity contribution is 7.78. The van der Waals surface area contributed by atoms with E-state index in [-0.39, 0.29) is 33.6 Å². The second-order valence-electron chi connectivity index (χ2n) is 5.34. The van der Waals surface area contributed by atoms with Gasteiger partial charge in [0.2, 0.25) is 0 Å². The Labute approximate surface area is 155 Å². The van der Waals surface area contributed by atoms with E-state index in [0.717, 1.165) is 0 Å². The number of carbonyl (C=O) groups excluding carboxylic acids is 2. The van der Waals surface area contributed by atoms with Crippen LogP contribution >= 0.6 is 0 Å². The van der Waals surface area contributed by atoms with Crippen LogP contribution in [0.2, 0.25) is 0 Å². The predicted octanol–water partition coefficient (Wildman–Crippen LogP) is 1.29. The van der Waals surface area contributed by atoms with Crippen molar-refractivity contribution in [2.24, 2.45) is 0 Å². The highest BCUT2D eigenvalue weighted by Crippen LogP contribution is 2.19. The molecule has 1 aromatic heterocycles. The predicted molar refractivity (Wildman–Crippen MR) is 95.8 cm³/mol. The fraction of sp³-hybridized carbons (Fsp3) is 0.118. The quantitative estimate of drug-likeness (QED) is 0.475. The molecule has 0 spiro atoms. The van der Waals surface area contributed by atoms with Crippen LogP contribution in [0.15, 0.2) is 47.3 Å². The molecule has 9 nitrogen and oxygen atoms in total. The average molecular weight is 387 g/mol. The summed E-state index contributed by atoms with van der Waals surface area (Å²) in [5.41, 5.74) is -0.217. The van der Waals surface area contributed by atoms with Crippen molar-refractivity contribution in [1.29, 1.82) is 0 Å². The van der Waals surface area contributed by atoms with Gasteiger partial charge in [0, 0.05) is 0 Å². The van der Waals surface area contributed by atoms with E-state index in [1.54, 1.807) is 12.1 Å². The van der Waals surface area contributed by atoms with Gasteiger partial charge in [-0.3, -0.25) is 9.59 Å². The van der Waals surface area contributed by atoms with E-state index < -0.39 is 22.8 Å². The maximum atomic E-state index is 12.6. The maximum Gasteiger partial charge on any atom is 0.344 e. The summed E-state index contributed by atoms with van der Waals surface area (Å²) < 4.78 is 22.9. The van der Waals surface area contributed by atoms with Crippen molar-refractivity contribution in [3.8, 4) is 5.75 Å². The van der Waals surface area contributed by atoms with Crippen LogP contribution in [0.25, 0.3) is 10.9 Å². The van der Waals surface area contributed by atoms with Crippen LogP contribution in [0.1, 0.15) is 27.6 Å². The lowest BCUT2D eigenvalue weighted by Gasteiger charge is -2.08. The van der Waals surface area contributed by atoms with Gasteiger partial charge in [0.05, 0.1) is 23.6 Å². The number of para-hydroxylation sites is 1. The minimum atomic E-state index is -2.39. The molecule has 2 aromatic carbocycles. The van der Waals surface area contributed by atoms with Gasteiger partial charge in [-0.05, 0) is 42.5 Å². The van der Waals surface area contributed by atoms with Gasteiger partial charge in [-0.25, -0.2) is 4.79 Å². The molecule has 1 atom stereocenters. The number of hydrogen-bond donors (Lipinski definition) is 0. The molecular formula is C17H13N3O6S. The number of Topliss-reactive ketones (excluding diaryl/α,β-unsaturated/α-hetero) is 1. The molecule has 0 saturated carbocycles. The molecule has 0 saturated heterocycles. The summed E-state index contributed by atoms with van der Waals surface area (Å²) in [6, 6.07) is 10.3. The van der Waals surface area contributed by atoms with Crippen molar-refractivity contribution in [1.82, 2.24) is 14.4 Å². The second-order valence-corrected chi connectivity index (χ2v) is 6.29. The van der Waals surface area contributed by atoms with Crippen LogP contribution in [-0.2, 0) is 16.0 Å². The Morgan fingerprint density at radius 1 is 1.15 bits per heavy atom. The number of ketones is 1. The van der Waals surface area contributed by atoms with Gasteiger partial charge in [0.15, 0.2) is 11.5 Å². The van der Waals surface area contributed by atoms with E-state index in [2.05, 4.69) is 15.0 Å². The summed E-state index contributed by atoms with van der Waals surface area (Å²) in [7, 11) is 1.21. The van der Waals surface area contributed by atoms with Crippen LogP contribution in [0.5, 0.6) is 5.75 Å². The topological polar surface area (TPSA) is 117 Å². The van der Waals surface area contributed by atoms with Crippen LogP contribution in [0, 0.1) is 0 Å². The van der Waals surface area contributed by atoms with Crippen molar-refractivity contribution in [3.63, 3.8) is 0 Å². The smallest absolute Gasteiger partial charge is 0.344 e. The number of hydrogen-bond acceptors (Lipinski definition) is 8. The van der Waals surface area contributed by atoms with Crippen molar-refractivity contribution >= 4 is 33.9 Å². The molecule has 0 N–H and O–H groups in total. The molecule has 138 valence electrons. The lowest BCUT2D eigenvalue weighted by Crippen LogP contribution is -2.29. The Hall–Kier alpha value is -3.40. The molecule has 0 radical (unpaired) electrons. The van der Waals surface area contributed by atoms with E-state index >= 15 is 0 Å². The number of methoxy groups -OCH3 is 1. The first-order valence-electron chi connectivity index (χ1n) is 7.61. The second kappa shape index (κ2) is 7.46. The van der Waals surface area contributed by atoms with Gasteiger partial charge < -0.3 is 8.92 Å². The standard InChI is InChI=1S/C17H13N3O6S/c1-10(21)12-5-3-4-6-15(12)26-27(24)20-16(22)13-9-11(17(23)25-2)7-8-14(13)18-19-20/h3-9H,1-2H3. The first-order valence-corrected chi connectivity index (χ1v) is 8.64. The summed E-state index contributed by atoms with van der Waals surface area (Å²) in [4.78, 5) is 35.9. The van der Waals surface area contributed by atoms with Crippen molar-refractivity contribution < 1.29 is 22.7 Å². The third-order valence-electron chi connectivity index (χ3n) is 3.62. The molecular weight excluding hydrogens is 374 g/mol. The molecule has 0 aliphatic heterocycles. The third-order valence-corrected chi connectivity index (χ3v) is 4.47. The molecule has 0 bridgehead atoms. The van der Waals surface area contributed by atoms with E-state index in [4.69, 9.17) is 4.18 Å². The van der Waals surface area contributed by atoms with E-state index in [1.165, 1.54) is 44.4 Å². The number of aromatic nitrogens is 3. The Kier molecular flexibility index (Phi) is 5.08. The normalized spacial score (nSPS) is 11.8. The summed E-state index contributed by atoms with van der Waals surface area (Å²) in [6.07, 6.45) is 0. The molecule has 27 heavy (non-hydrogen) atoms. The molecule has 1 unspecified atom stereocenters. The Morgan fingerprint density at radius 2 is 1.89 bits per heavy atom. The van der Waals surface area contributed by atoms with Gasteiger partial charge in [-0.2, -0.15) is 4.21 Å². The van der Waals surface area contributed by atoms with Gasteiger partial charge in [0.1, 0.15) is 5.52 Å². The molecule has 3 rings (SSSR count). The number of benzene rings is 2. The first-order chi connectivity index (χ1) is 12.9. The molecule has 0 aliphatic rings. The number of fused-ring (bicyclic) bond motifs is 1. The number of esters is 1. The minimum absolute atomic E-state index is 0.0182. The van der Waals surface area contributed by atoms with Gasteiger partial charge >= 0.3 is 17.2 Å². The zero-order valence-electron chi connectivity index (χ0n) is 14.2. The number of rotatable bonds is 5. The van der Waals surface area contributed by atoms with Crippen molar-refractivity contribution in [2.75, 3.05) is 7.11 Å². The van der Waals surface area contributed by atoms with Crippen molar-refractivity contribution in [3.05, 3.63) is 63.9 Å². The maximum absolute atomic E-state index is 12.6. The third kappa shape index (κ3) is 3.60. The summed E-state index contributed by atoms with van der Waals surface area (Å²) in [5, 5.41) is 7.43. The first kappa shape index (κ1) is 18.4. The van der Waals surface area contributed by atoms with E-state index in [9.17, 15) is 18.6 Å². The lowest BCUT2D eigenvalue weighted by atomic mass is 10.1.